The van der Waals surface area contributed by atoms with E-state index in [1.807, 2.05) is 0 Å². The second-order valence-electron chi connectivity index (χ2n) is 9.45. The lowest BCUT2D eigenvalue weighted by molar-refractivity contribution is -0.124. The van der Waals surface area contributed by atoms with E-state index in [0.717, 1.165) is 6.08 Å². The van der Waals surface area contributed by atoms with Crippen LogP contribution >= 0.6 is 0 Å². The molecule has 5 rings (SSSR count). The van der Waals surface area contributed by atoms with Gasteiger partial charge in [-0.3, -0.25) is 19.2 Å². The van der Waals surface area contributed by atoms with Gasteiger partial charge in [-0.05, 0) is 34.1 Å². The number of nitrogens with one attached hydrogen (secondary N) is 2. The summed E-state index contributed by atoms with van der Waals surface area (Å²) >= 11 is 0. The first-order valence-corrected chi connectivity index (χ1v) is 11.6. The lowest BCUT2D eigenvalue weighted by Crippen LogP contribution is -2.41. The normalized spacial score (nSPS) is 23.7. The number of carbonyl (C=O) groups excluding carboxylic acids is 4. The van der Waals surface area contributed by atoms with Gasteiger partial charge in [-0.1, -0.05) is 5.16 Å². The van der Waals surface area contributed by atoms with Crippen molar-refractivity contribution in [2.24, 2.45) is 0 Å². The summed E-state index contributed by atoms with van der Waals surface area (Å²) in [4.78, 5) is 54.8. The Hall–Kier alpha value is -4.48. The summed E-state index contributed by atoms with van der Waals surface area (Å²) in [5.41, 5.74) is -1.66. The van der Waals surface area contributed by atoms with E-state index in [4.69, 9.17) is 9.26 Å². The van der Waals surface area contributed by atoms with Crippen LogP contribution in [0.25, 0.3) is 0 Å². The van der Waals surface area contributed by atoms with Crippen molar-refractivity contribution in [1.29, 1.82) is 0 Å². The molecule has 1 unspecified atom stereocenters. The van der Waals surface area contributed by atoms with Crippen molar-refractivity contribution in [1.82, 2.24) is 20.8 Å². The van der Waals surface area contributed by atoms with Crippen LogP contribution in [0.1, 0.15) is 72.9 Å². The molecule has 37 heavy (non-hydrogen) atoms. The molecule has 1 aliphatic carbocycles. The summed E-state index contributed by atoms with van der Waals surface area (Å²) in [6.45, 7) is 5.72. The maximum Gasteiger partial charge on any atom is 0.249 e. The Morgan fingerprint density at radius 3 is 2.62 bits per heavy atom. The van der Waals surface area contributed by atoms with E-state index < -0.39 is 34.3 Å². The summed E-state index contributed by atoms with van der Waals surface area (Å²) in [6, 6.07) is -0.351. The van der Waals surface area contributed by atoms with Crippen LogP contribution in [-0.2, 0) is 26.3 Å². The second-order valence-corrected chi connectivity index (χ2v) is 9.45. The van der Waals surface area contributed by atoms with Crippen molar-refractivity contribution in [2.45, 2.75) is 58.5 Å². The monoisotopic (exact) mass is 508 g/mol. The van der Waals surface area contributed by atoms with Gasteiger partial charge < -0.3 is 30.1 Å². The van der Waals surface area contributed by atoms with E-state index in [0.29, 0.717) is 12.8 Å². The molecule has 0 radical (unpaired) electrons. The number of aromatic nitrogens is 2. The van der Waals surface area contributed by atoms with Crippen LogP contribution in [-0.4, -0.2) is 43.6 Å². The van der Waals surface area contributed by atoms with Gasteiger partial charge in [0.05, 0.1) is 17.7 Å². The molecular weight excluding hydrogens is 484 g/mol. The number of hydrogen-bond acceptors (Lipinski definition) is 11. The number of phenols is 2. The number of ether oxygens (including phenoxy) is 1. The first kappa shape index (κ1) is 24.2. The predicted octanol–water partition coefficient (Wildman–Crippen LogP) is 1.69. The smallest absolute Gasteiger partial charge is 0.249 e. The van der Waals surface area contributed by atoms with Gasteiger partial charge in [0.25, 0.3) is 0 Å². The molecule has 1 aromatic heterocycles. The van der Waals surface area contributed by atoms with Crippen molar-refractivity contribution in [3.63, 3.8) is 0 Å². The lowest BCUT2D eigenvalue weighted by Gasteiger charge is -2.29. The highest BCUT2D eigenvalue weighted by atomic mass is 16.5. The molecule has 0 bridgehead atoms. The number of ketones is 3. The van der Waals surface area contributed by atoms with Gasteiger partial charge >= 0.3 is 0 Å². The van der Waals surface area contributed by atoms with Crippen molar-refractivity contribution in [3.8, 4) is 17.2 Å². The largest absolute Gasteiger partial charge is 0.507 e. The number of benzene rings is 1. The van der Waals surface area contributed by atoms with Gasteiger partial charge in [-0.15, -0.1) is 0 Å². The number of fused-ring (bicyclic) bond motifs is 3. The van der Waals surface area contributed by atoms with Crippen molar-refractivity contribution >= 4 is 23.3 Å². The molecule has 4 N–H and O–H groups in total. The highest BCUT2D eigenvalue weighted by Crippen LogP contribution is 2.57. The molecule has 3 aliphatic rings. The quantitative estimate of drug-likeness (QED) is 0.262. The molecule has 12 heteroatoms. The van der Waals surface area contributed by atoms with E-state index >= 15 is 0 Å². The third-order valence-corrected chi connectivity index (χ3v) is 7.05. The molecule has 1 fully saturated rings. The third-order valence-electron chi connectivity index (χ3n) is 7.05. The number of rotatable bonds is 5. The Balaban J connectivity index is 1.48. The zero-order valence-corrected chi connectivity index (χ0v) is 20.5. The van der Waals surface area contributed by atoms with Crippen LogP contribution in [0.4, 0.5) is 0 Å². The van der Waals surface area contributed by atoms with Crippen LogP contribution in [0, 0.1) is 6.92 Å². The van der Waals surface area contributed by atoms with E-state index in [1.165, 1.54) is 20.8 Å². The standard InChI is InChI=1S/C25H24N4O8/c1-9-20(33)18(11(3)30)22-19(21(9)34)25(4)14(36-22)7-13(31)17(23(25)35)10(2)26-8-15-28-24(37-29-15)12-5-6-16(32)27-12/h7,12,26,33-34H,5-6,8H2,1-4H3,(H,27,32)/b17-10+/t12?,25-/m0/s1. The summed E-state index contributed by atoms with van der Waals surface area (Å²) in [5, 5.41) is 30.9. The third kappa shape index (κ3) is 3.51. The van der Waals surface area contributed by atoms with Crippen molar-refractivity contribution < 1.29 is 38.7 Å². The van der Waals surface area contributed by atoms with Gasteiger partial charge in [-0.2, -0.15) is 4.98 Å². The number of Topliss-reactive ketones (excluding diaryl/α,β-unsaturated/α-hetero) is 2. The average molecular weight is 508 g/mol. The molecule has 1 aromatic carbocycles. The van der Waals surface area contributed by atoms with Gasteiger partial charge in [0.15, 0.2) is 23.2 Å². The highest BCUT2D eigenvalue weighted by molar-refractivity contribution is 6.31. The first-order valence-electron chi connectivity index (χ1n) is 11.6. The number of phenolic OH excluding ortho intramolecular Hbond substituents is 2. The number of hydrogen-bond donors (Lipinski definition) is 4. The fourth-order valence-corrected chi connectivity index (χ4v) is 4.94. The van der Waals surface area contributed by atoms with Crippen molar-refractivity contribution in [2.75, 3.05) is 0 Å². The van der Waals surface area contributed by atoms with Crippen molar-refractivity contribution in [3.05, 3.63) is 51.5 Å². The summed E-state index contributed by atoms with van der Waals surface area (Å²) in [7, 11) is 0. The minimum atomic E-state index is -1.60. The zero-order chi connectivity index (χ0) is 26.8. The number of carbonyl (C=O) groups is 4. The molecule has 12 nitrogen and oxygen atoms in total. The topological polar surface area (TPSA) is 181 Å². The number of allylic oxidation sites excluding steroid dienone is 4. The lowest BCUT2D eigenvalue weighted by atomic mass is 9.70. The molecule has 192 valence electrons. The number of amides is 1. The molecule has 0 spiro atoms. The number of nitrogens with zero attached hydrogens (tertiary/aromatic N) is 2. The Morgan fingerprint density at radius 1 is 1.24 bits per heavy atom. The Labute approximate surface area is 210 Å². The molecule has 0 saturated carbocycles. The van der Waals surface area contributed by atoms with Gasteiger partial charge in [-0.25, -0.2) is 0 Å². The van der Waals surface area contributed by atoms with Crippen LogP contribution in [0.2, 0.25) is 0 Å². The second kappa shape index (κ2) is 8.29. The Kier molecular flexibility index (Phi) is 5.43. The van der Waals surface area contributed by atoms with Crippen LogP contribution in [0.3, 0.4) is 0 Å². The van der Waals surface area contributed by atoms with E-state index in [-0.39, 0.29) is 69.7 Å². The van der Waals surface area contributed by atoms with Crippen LogP contribution in [0.15, 0.2) is 27.6 Å². The van der Waals surface area contributed by atoms with E-state index in [1.54, 1.807) is 6.92 Å². The molecule has 1 amide bonds. The fourth-order valence-electron chi connectivity index (χ4n) is 4.94. The molecule has 2 aromatic rings. The van der Waals surface area contributed by atoms with Gasteiger partial charge in [0, 0.05) is 23.8 Å². The van der Waals surface area contributed by atoms with Gasteiger partial charge in [0.2, 0.25) is 11.8 Å². The van der Waals surface area contributed by atoms with Gasteiger partial charge in [0.1, 0.15) is 40.0 Å². The predicted molar refractivity (Wildman–Crippen MR) is 125 cm³/mol. The fraction of sp³-hybridized carbons (Fsp3) is 0.360. The first-order chi connectivity index (χ1) is 17.4. The van der Waals surface area contributed by atoms with Crippen LogP contribution < -0.4 is 15.4 Å². The summed E-state index contributed by atoms with van der Waals surface area (Å²) in [5.74, 6) is -2.38. The molecule has 2 atom stereocenters. The molecule has 3 heterocycles. The molecular formula is C25H24N4O8. The van der Waals surface area contributed by atoms with E-state index in [9.17, 15) is 29.4 Å². The maximum absolute atomic E-state index is 13.8. The van der Waals surface area contributed by atoms with Crippen LogP contribution in [0.5, 0.6) is 17.2 Å². The SMILES string of the molecule is CC(=O)c1c(O)c(C)c(O)c2c1OC1=CC(=O)/C(=C(/C)NCc3noc(C4CCC(=O)N4)n3)C(=O)[C@@]12C. The number of aromatic hydroxyl groups is 2. The Morgan fingerprint density at radius 2 is 1.97 bits per heavy atom. The molecule has 2 aliphatic heterocycles. The Bertz CT molecular complexity index is 1480. The summed E-state index contributed by atoms with van der Waals surface area (Å²) < 4.78 is 11.0. The van der Waals surface area contributed by atoms with E-state index in [2.05, 4.69) is 20.8 Å². The zero-order valence-electron chi connectivity index (χ0n) is 20.5. The molecule has 1 saturated heterocycles. The minimum absolute atomic E-state index is 0.0171. The highest BCUT2D eigenvalue weighted by Gasteiger charge is 2.56. The maximum atomic E-state index is 13.8. The summed E-state index contributed by atoms with van der Waals surface area (Å²) in [6.07, 6.45) is 2.07. The minimum Gasteiger partial charge on any atom is -0.507 e. The average Bonchev–Trinajstić information content (AvgIpc) is 3.54.